The second-order valence-corrected chi connectivity index (χ2v) is 12.3. The van der Waals surface area contributed by atoms with Crippen LogP contribution in [0.1, 0.15) is 43.9 Å². The zero-order valence-corrected chi connectivity index (χ0v) is 24.1. The van der Waals surface area contributed by atoms with Crippen molar-refractivity contribution >= 4 is 27.3 Å². The number of hydrogen-bond acceptors (Lipinski definition) is 9. The number of carbonyl (C=O) groups excluding carboxylic acids is 2. The number of anilines is 1. The van der Waals surface area contributed by atoms with Crippen molar-refractivity contribution in [3.05, 3.63) is 45.6 Å². The molecular weight excluding hydrogens is 538 g/mol. The van der Waals surface area contributed by atoms with Gasteiger partial charge in [0.2, 0.25) is 23.0 Å². The molecule has 1 heterocycles. The van der Waals surface area contributed by atoms with E-state index in [1.54, 1.807) is 26.2 Å². The molecule has 1 aliphatic heterocycles. The summed E-state index contributed by atoms with van der Waals surface area (Å²) < 4.78 is 40.5. The Morgan fingerprint density at radius 3 is 2.33 bits per heavy atom. The van der Waals surface area contributed by atoms with E-state index in [0.717, 1.165) is 11.1 Å². The third-order valence-electron chi connectivity index (χ3n) is 7.26. The first kappa shape index (κ1) is 29.2. The summed E-state index contributed by atoms with van der Waals surface area (Å²) in [4.78, 5) is 38.4. The molecule has 1 aliphatic carbocycles. The molecule has 40 heavy (non-hydrogen) atoms. The molecule has 11 nitrogen and oxygen atoms in total. The third-order valence-corrected chi connectivity index (χ3v) is 9.03. The molecule has 3 N–H and O–H groups in total. The van der Waals surface area contributed by atoms with Crippen LogP contribution in [-0.4, -0.2) is 65.2 Å². The first-order valence-electron chi connectivity index (χ1n) is 13.0. The number of ether oxygens (including phenoxy) is 3. The Morgan fingerprint density at radius 1 is 1.00 bits per heavy atom. The van der Waals surface area contributed by atoms with Crippen LogP contribution in [0.4, 0.5) is 5.69 Å². The fraction of sp³-hybridized carbons (Fsp3) is 0.464. The number of benzene rings is 1. The van der Waals surface area contributed by atoms with Gasteiger partial charge in [-0.3, -0.25) is 14.4 Å². The molecule has 216 valence electrons. The molecule has 0 spiro atoms. The topological polar surface area (TPSA) is 149 Å². The molecule has 0 aromatic heterocycles. The van der Waals surface area contributed by atoms with Crippen LogP contribution in [0.25, 0.3) is 11.1 Å². The standard InChI is InChI=1S/C28H35N3O8S/c1-15(28(34)31-18-10-11-40(35,36)14-18)29-22-9-7-19-20(13-23(22)33)21(30-16(2)32)8-6-17-12-24(37-3)26(38-4)27(39-5)25(17)19/h7,9,12-13,15,18,21H,6,8,10-11,14H2,1-5H3,(H,29,33)(H,30,32)(H,31,34)/t15-,18-,21-/m0/s1. The number of fused-ring (bicyclic) bond motifs is 3. The van der Waals surface area contributed by atoms with Gasteiger partial charge in [0.15, 0.2) is 21.3 Å². The number of aryl methyl sites for hydroxylation is 1. The lowest BCUT2D eigenvalue weighted by Crippen LogP contribution is -2.44. The molecule has 0 bridgehead atoms. The van der Waals surface area contributed by atoms with E-state index >= 15 is 0 Å². The second-order valence-electron chi connectivity index (χ2n) is 10.1. The van der Waals surface area contributed by atoms with Crippen molar-refractivity contribution in [1.29, 1.82) is 0 Å². The molecule has 1 saturated heterocycles. The summed E-state index contributed by atoms with van der Waals surface area (Å²) in [6.45, 7) is 3.03. The van der Waals surface area contributed by atoms with E-state index in [9.17, 15) is 22.8 Å². The minimum Gasteiger partial charge on any atom is -0.493 e. The number of sulfone groups is 1. The Labute approximate surface area is 233 Å². The number of carbonyl (C=O) groups is 2. The van der Waals surface area contributed by atoms with Gasteiger partial charge in [-0.2, -0.15) is 0 Å². The normalized spacial score (nSPS) is 19.7. The average Bonchev–Trinajstić information content (AvgIpc) is 3.08. The van der Waals surface area contributed by atoms with Crippen molar-refractivity contribution < 1.29 is 32.2 Å². The Balaban J connectivity index is 1.78. The number of hydrogen-bond donors (Lipinski definition) is 3. The monoisotopic (exact) mass is 573 g/mol. The summed E-state index contributed by atoms with van der Waals surface area (Å²) in [7, 11) is 1.43. The van der Waals surface area contributed by atoms with Crippen LogP contribution in [0.3, 0.4) is 0 Å². The van der Waals surface area contributed by atoms with Gasteiger partial charge in [0.25, 0.3) is 0 Å². The van der Waals surface area contributed by atoms with E-state index in [1.807, 2.05) is 6.07 Å². The molecule has 4 rings (SSSR count). The van der Waals surface area contributed by atoms with E-state index in [-0.39, 0.29) is 28.5 Å². The lowest BCUT2D eigenvalue weighted by molar-refractivity contribution is -0.122. The smallest absolute Gasteiger partial charge is 0.242 e. The van der Waals surface area contributed by atoms with Crippen molar-refractivity contribution in [3.8, 4) is 28.4 Å². The maximum atomic E-state index is 13.5. The van der Waals surface area contributed by atoms with Crippen LogP contribution >= 0.6 is 0 Å². The number of amides is 2. The van der Waals surface area contributed by atoms with Crippen LogP contribution in [0.2, 0.25) is 0 Å². The second kappa shape index (κ2) is 11.7. The number of methoxy groups -OCH3 is 3. The molecule has 2 aliphatic rings. The molecule has 3 atom stereocenters. The summed E-state index contributed by atoms with van der Waals surface area (Å²) in [5.41, 5.74) is 2.70. The highest BCUT2D eigenvalue weighted by Crippen LogP contribution is 2.50. The maximum absolute atomic E-state index is 13.5. The van der Waals surface area contributed by atoms with Gasteiger partial charge >= 0.3 is 0 Å². The van der Waals surface area contributed by atoms with Crippen LogP contribution in [0, 0.1) is 0 Å². The summed E-state index contributed by atoms with van der Waals surface area (Å²) in [6.07, 6.45) is 1.46. The first-order valence-corrected chi connectivity index (χ1v) is 14.8. The lowest BCUT2D eigenvalue weighted by Gasteiger charge is -2.19. The van der Waals surface area contributed by atoms with Gasteiger partial charge < -0.3 is 30.2 Å². The van der Waals surface area contributed by atoms with Gasteiger partial charge in [0.1, 0.15) is 6.04 Å². The van der Waals surface area contributed by atoms with Crippen LogP contribution in [0.5, 0.6) is 17.2 Å². The molecule has 12 heteroatoms. The van der Waals surface area contributed by atoms with E-state index in [1.165, 1.54) is 27.2 Å². The quantitative estimate of drug-likeness (QED) is 0.431. The maximum Gasteiger partial charge on any atom is 0.242 e. The fourth-order valence-corrected chi connectivity index (χ4v) is 7.03. The number of nitrogens with one attached hydrogen (secondary N) is 3. The van der Waals surface area contributed by atoms with Gasteiger partial charge in [-0.05, 0) is 61.1 Å². The van der Waals surface area contributed by atoms with Gasteiger partial charge in [-0.1, -0.05) is 6.07 Å². The number of rotatable bonds is 8. The minimum atomic E-state index is -3.15. The lowest BCUT2D eigenvalue weighted by atomic mass is 9.95. The van der Waals surface area contributed by atoms with E-state index in [0.29, 0.717) is 47.6 Å². The summed E-state index contributed by atoms with van der Waals surface area (Å²) in [5, 5.41) is 8.69. The first-order chi connectivity index (χ1) is 19.0. The largest absolute Gasteiger partial charge is 0.493 e. The Kier molecular flexibility index (Phi) is 8.57. The molecule has 0 radical (unpaired) electrons. The predicted molar refractivity (Wildman–Crippen MR) is 151 cm³/mol. The summed E-state index contributed by atoms with van der Waals surface area (Å²) in [5.74, 6) is 0.648. The van der Waals surface area contributed by atoms with Crippen molar-refractivity contribution in [3.63, 3.8) is 0 Å². The van der Waals surface area contributed by atoms with Gasteiger partial charge in [0, 0.05) is 18.5 Å². The third kappa shape index (κ3) is 6.01. The highest BCUT2D eigenvalue weighted by molar-refractivity contribution is 7.91. The van der Waals surface area contributed by atoms with Crippen LogP contribution in [0.15, 0.2) is 29.1 Å². The Morgan fingerprint density at radius 2 is 1.73 bits per heavy atom. The van der Waals surface area contributed by atoms with E-state index in [2.05, 4.69) is 16.0 Å². The average molecular weight is 574 g/mol. The minimum absolute atomic E-state index is 0.0433. The SMILES string of the molecule is COc1cc2c(c(OC)c1OC)-c1ccc(N[C@@H](C)C(=O)N[C@H]3CCS(=O)(=O)C3)c(=O)cc1[C@@H](NC(C)=O)CC2. The zero-order chi connectivity index (χ0) is 29.2. The van der Waals surface area contributed by atoms with Crippen molar-refractivity contribution in [2.45, 2.75) is 51.2 Å². The molecular formula is C28H35N3O8S. The molecule has 0 saturated carbocycles. The predicted octanol–water partition coefficient (Wildman–Crippen LogP) is 1.97. The molecule has 0 unspecified atom stereocenters. The Hall–Kier alpha value is -3.80. The highest BCUT2D eigenvalue weighted by Gasteiger charge is 2.31. The Bertz CT molecular complexity index is 1490. The molecule has 2 aromatic rings. The van der Waals surface area contributed by atoms with Crippen molar-refractivity contribution in [2.75, 3.05) is 38.2 Å². The van der Waals surface area contributed by atoms with Crippen LogP contribution in [-0.2, 0) is 25.8 Å². The highest BCUT2D eigenvalue weighted by atomic mass is 32.2. The van der Waals surface area contributed by atoms with E-state index < -0.39 is 33.9 Å². The zero-order valence-electron chi connectivity index (χ0n) is 23.3. The summed E-state index contributed by atoms with van der Waals surface area (Å²) >= 11 is 0. The van der Waals surface area contributed by atoms with Gasteiger partial charge in [-0.25, -0.2) is 8.42 Å². The van der Waals surface area contributed by atoms with Gasteiger partial charge in [0.05, 0.1) is 44.6 Å². The van der Waals surface area contributed by atoms with Gasteiger partial charge in [-0.15, -0.1) is 0 Å². The van der Waals surface area contributed by atoms with Crippen LogP contribution < -0.4 is 35.6 Å². The van der Waals surface area contributed by atoms with Crippen molar-refractivity contribution in [1.82, 2.24) is 10.6 Å². The van der Waals surface area contributed by atoms with E-state index in [4.69, 9.17) is 14.2 Å². The van der Waals surface area contributed by atoms with Crippen molar-refractivity contribution in [2.24, 2.45) is 0 Å². The molecule has 1 fully saturated rings. The molecule has 2 amide bonds. The molecule has 2 aromatic carbocycles. The fourth-order valence-electron chi connectivity index (χ4n) is 5.36. The summed E-state index contributed by atoms with van der Waals surface area (Å²) in [6, 6.07) is 4.98.